The van der Waals surface area contributed by atoms with Crippen LogP contribution in [0.15, 0.2) is 12.3 Å². The number of pyridine rings is 1. The Kier molecular flexibility index (Phi) is 3.02. The number of halogens is 6. The average Bonchev–Trinajstić information content (AvgIpc) is 2.13. The van der Waals surface area contributed by atoms with Crippen molar-refractivity contribution in [3.63, 3.8) is 0 Å². The average molecular weight is 245 g/mol. The summed E-state index contributed by atoms with van der Waals surface area (Å²) >= 11 is 0. The number of rotatable bonds is 1. The third kappa shape index (κ3) is 2.37. The van der Waals surface area contributed by atoms with E-state index in [1.807, 2.05) is 0 Å². The van der Waals surface area contributed by atoms with Gasteiger partial charge in [-0.25, -0.2) is 4.98 Å². The highest BCUT2D eigenvalue weighted by Crippen LogP contribution is 2.42. The summed E-state index contributed by atoms with van der Waals surface area (Å²) in [4.78, 5) is 2.84. The number of nitrogens with zero attached hydrogens (tertiary/aromatic N) is 1. The van der Waals surface area contributed by atoms with Gasteiger partial charge in [-0.1, -0.05) is 0 Å². The molecular weight excluding hydrogens is 240 g/mol. The summed E-state index contributed by atoms with van der Waals surface area (Å²) in [5, 5.41) is 0. The van der Waals surface area contributed by atoms with E-state index in [9.17, 15) is 26.3 Å². The number of hydrogen-bond acceptors (Lipinski definition) is 2. The molecule has 1 aromatic heterocycles. The molecule has 0 aromatic carbocycles. The van der Waals surface area contributed by atoms with Crippen LogP contribution in [-0.4, -0.2) is 12.1 Å². The smallest absolute Gasteiger partial charge is 0.437 e. The topological polar surface area (TPSA) is 22.1 Å². The molecular formula is C8H5F6NO. The van der Waals surface area contributed by atoms with E-state index in [1.54, 1.807) is 0 Å². The minimum absolute atomic E-state index is 0.425. The predicted octanol–water partition coefficient (Wildman–Crippen LogP) is 3.13. The Hall–Kier alpha value is -1.47. The molecule has 0 radical (unpaired) electrons. The Labute approximate surface area is 85.9 Å². The first-order valence-electron chi connectivity index (χ1n) is 3.85. The largest absolute Gasteiger partial charge is 0.494 e. The van der Waals surface area contributed by atoms with E-state index in [2.05, 4.69) is 9.72 Å². The molecule has 0 atom stereocenters. The van der Waals surface area contributed by atoms with Gasteiger partial charge >= 0.3 is 12.4 Å². The van der Waals surface area contributed by atoms with Gasteiger partial charge in [0.15, 0.2) is 11.4 Å². The van der Waals surface area contributed by atoms with Crippen LogP contribution >= 0.6 is 0 Å². The maximum atomic E-state index is 12.3. The second-order valence-electron chi connectivity index (χ2n) is 2.74. The van der Waals surface area contributed by atoms with Gasteiger partial charge in [0.1, 0.15) is 5.56 Å². The van der Waals surface area contributed by atoms with Crippen LogP contribution in [-0.2, 0) is 12.4 Å². The molecule has 90 valence electrons. The van der Waals surface area contributed by atoms with Crippen LogP contribution in [0.3, 0.4) is 0 Å². The molecule has 0 fully saturated rings. The summed E-state index contributed by atoms with van der Waals surface area (Å²) in [6.07, 6.45) is -9.48. The van der Waals surface area contributed by atoms with Gasteiger partial charge in [0, 0.05) is 6.20 Å². The van der Waals surface area contributed by atoms with Crippen LogP contribution in [0.25, 0.3) is 0 Å². The minimum Gasteiger partial charge on any atom is -0.494 e. The van der Waals surface area contributed by atoms with Gasteiger partial charge in [-0.15, -0.1) is 0 Å². The molecule has 0 aliphatic heterocycles. The van der Waals surface area contributed by atoms with Gasteiger partial charge < -0.3 is 4.74 Å². The first-order chi connectivity index (χ1) is 7.18. The lowest BCUT2D eigenvalue weighted by molar-refractivity contribution is -0.147. The zero-order chi connectivity index (χ0) is 12.6. The molecule has 2 nitrogen and oxygen atoms in total. The van der Waals surface area contributed by atoms with Crippen LogP contribution in [0.5, 0.6) is 5.75 Å². The summed E-state index contributed by atoms with van der Waals surface area (Å²) in [7, 11) is 0.724. The van der Waals surface area contributed by atoms with E-state index in [1.165, 1.54) is 0 Å². The van der Waals surface area contributed by atoms with Crippen LogP contribution in [0.4, 0.5) is 26.3 Å². The summed E-state index contributed by atoms with van der Waals surface area (Å²) in [5.41, 5.74) is -3.19. The van der Waals surface area contributed by atoms with Crippen LogP contribution in [0, 0.1) is 0 Å². The molecule has 0 saturated heterocycles. The first kappa shape index (κ1) is 12.6. The first-order valence-corrected chi connectivity index (χ1v) is 3.85. The van der Waals surface area contributed by atoms with Crippen molar-refractivity contribution in [2.75, 3.05) is 7.11 Å². The summed E-state index contributed by atoms with van der Waals surface area (Å²) in [6, 6.07) is 0.425. The standard InChI is InChI=1S/C8H5F6NO/c1-16-5-4(7(9,10)11)2-3-15-6(5)8(12,13)14/h2-3H,1H3. The van der Waals surface area contributed by atoms with Gasteiger partial charge in [-0.2, -0.15) is 26.3 Å². The molecule has 8 heteroatoms. The van der Waals surface area contributed by atoms with Crippen LogP contribution in [0.1, 0.15) is 11.3 Å². The summed E-state index contributed by atoms with van der Waals surface area (Å²) < 4.78 is 78.0. The lowest BCUT2D eigenvalue weighted by Gasteiger charge is -2.15. The highest BCUT2D eigenvalue weighted by molar-refractivity contribution is 5.40. The van der Waals surface area contributed by atoms with E-state index >= 15 is 0 Å². The fourth-order valence-electron chi connectivity index (χ4n) is 1.08. The normalized spacial score (nSPS) is 12.7. The zero-order valence-electron chi connectivity index (χ0n) is 7.78. The van der Waals surface area contributed by atoms with Crippen molar-refractivity contribution in [2.24, 2.45) is 0 Å². The molecule has 0 bridgehead atoms. The molecule has 1 aromatic rings. The van der Waals surface area contributed by atoms with E-state index in [4.69, 9.17) is 0 Å². The molecule has 0 aliphatic rings. The van der Waals surface area contributed by atoms with Gasteiger partial charge in [0.05, 0.1) is 7.11 Å². The molecule has 0 amide bonds. The molecule has 1 rings (SSSR count). The lowest BCUT2D eigenvalue weighted by Crippen LogP contribution is -2.15. The molecule has 0 aliphatic carbocycles. The van der Waals surface area contributed by atoms with Crippen molar-refractivity contribution >= 4 is 0 Å². The molecule has 1 heterocycles. The van der Waals surface area contributed by atoms with Gasteiger partial charge in [0.2, 0.25) is 0 Å². The van der Waals surface area contributed by atoms with Crippen LogP contribution < -0.4 is 4.74 Å². The highest BCUT2D eigenvalue weighted by atomic mass is 19.4. The van der Waals surface area contributed by atoms with Gasteiger partial charge in [-0.05, 0) is 6.07 Å². The Morgan fingerprint density at radius 2 is 1.62 bits per heavy atom. The number of aromatic nitrogens is 1. The van der Waals surface area contributed by atoms with Crippen molar-refractivity contribution in [3.05, 3.63) is 23.5 Å². The van der Waals surface area contributed by atoms with E-state index < -0.39 is 29.4 Å². The SMILES string of the molecule is COc1c(C(F)(F)F)ccnc1C(F)(F)F. The maximum absolute atomic E-state index is 12.3. The third-order valence-electron chi connectivity index (χ3n) is 1.68. The van der Waals surface area contributed by atoms with Crippen molar-refractivity contribution in [3.8, 4) is 5.75 Å². The fourth-order valence-corrected chi connectivity index (χ4v) is 1.08. The van der Waals surface area contributed by atoms with Gasteiger partial charge in [-0.3, -0.25) is 0 Å². The monoisotopic (exact) mass is 245 g/mol. The number of methoxy groups -OCH3 is 1. The number of hydrogen-bond donors (Lipinski definition) is 0. The predicted molar refractivity (Wildman–Crippen MR) is 40.8 cm³/mol. The molecule has 16 heavy (non-hydrogen) atoms. The Morgan fingerprint density at radius 1 is 1.06 bits per heavy atom. The molecule has 0 unspecified atom stereocenters. The quantitative estimate of drug-likeness (QED) is 0.709. The molecule has 0 spiro atoms. The van der Waals surface area contributed by atoms with E-state index in [0.29, 0.717) is 12.3 Å². The fraction of sp³-hybridized carbons (Fsp3) is 0.375. The number of ether oxygens (including phenoxy) is 1. The Balaban J connectivity index is 3.45. The van der Waals surface area contributed by atoms with Crippen molar-refractivity contribution in [1.29, 1.82) is 0 Å². The van der Waals surface area contributed by atoms with Crippen molar-refractivity contribution < 1.29 is 31.1 Å². The van der Waals surface area contributed by atoms with E-state index in [-0.39, 0.29) is 0 Å². The second-order valence-corrected chi connectivity index (χ2v) is 2.74. The molecule has 0 N–H and O–H groups in total. The van der Waals surface area contributed by atoms with Crippen molar-refractivity contribution in [2.45, 2.75) is 12.4 Å². The lowest BCUT2D eigenvalue weighted by atomic mass is 10.2. The summed E-state index contributed by atoms with van der Waals surface area (Å²) in [6.45, 7) is 0. The third-order valence-corrected chi connectivity index (χ3v) is 1.68. The minimum atomic E-state index is -4.99. The Bertz CT molecular complexity index is 351. The summed E-state index contributed by atoms with van der Waals surface area (Å²) in [5.74, 6) is -1.32. The molecule has 0 saturated carbocycles. The number of alkyl halides is 6. The Morgan fingerprint density at radius 3 is 2.00 bits per heavy atom. The van der Waals surface area contributed by atoms with Crippen molar-refractivity contribution in [1.82, 2.24) is 4.98 Å². The van der Waals surface area contributed by atoms with Gasteiger partial charge in [0.25, 0.3) is 0 Å². The zero-order valence-corrected chi connectivity index (χ0v) is 7.78. The highest BCUT2D eigenvalue weighted by Gasteiger charge is 2.42. The van der Waals surface area contributed by atoms with E-state index in [0.717, 1.165) is 7.11 Å². The maximum Gasteiger partial charge on any atom is 0.437 e. The second kappa shape index (κ2) is 3.84. The van der Waals surface area contributed by atoms with Crippen LogP contribution in [0.2, 0.25) is 0 Å².